The lowest BCUT2D eigenvalue weighted by Crippen LogP contribution is -2.53. The van der Waals surface area contributed by atoms with Crippen molar-refractivity contribution in [1.29, 1.82) is 0 Å². The molecule has 2 spiro atoms. The number of nitrogens with one attached hydrogen (secondary N) is 4. The maximum atomic E-state index is 6.43. The molecule has 2 aromatic carbocycles. The second kappa shape index (κ2) is 16.2. The molecule has 4 aliphatic heterocycles. The van der Waals surface area contributed by atoms with Gasteiger partial charge in [0, 0.05) is 62.7 Å². The summed E-state index contributed by atoms with van der Waals surface area (Å²) in [6, 6.07) is 22.0. The number of para-hydroxylation sites is 2. The monoisotopic (exact) mass is 852 g/mol. The summed E-state index contributed by atoms with van der Waals surface area (Å²) >= 11 is 6.43. The molecule has 2 saturated carbocycles. The number of rotatable bonds is 6. The highest BCUT2D eigenvalue weighted by Gasteiger charge is 2.51. The van der Waals surface area contributed by atoms with Gasteiger partial charge in [-0.3, -0.25) is 30.4 Å². The van der Waals surface area contributed by atoms with Crippen molar-refractivity contribution < 1.29 is 0 Å². The van der Waals surface area contributed by atoms with Crippen LogP contribution in [0.2, 0.25) is 5.02 Å². The summed E-state index contributed by atoms with van der Waals surface area (Å²) in [5, 5.41) is 8.33. The number of piperidine rings is 2. The van der Waals surface area contributed by atoms with Gasteiger partial charge in [-0.15, -0.1) is 0 Å². The Labute approximate surface area is 370 Å². The van der Waals surface area contributed by atoms with Crippen LogP contribution in [0.5, 0.6) is 0 Å². The molecule has 4 aromatic heterocycles. The fraction of sp³-hybridized carbons (Fsp3) is 0.510. The number of hydrogen-bond acceptors (Lipinski definition) is 10. The Morgan fingerprint density at radius 2 is 1.06 bits per heavy atom. The van der Waals surface area contributed by atoms with E-state index in [4.69, 9.17) is 21.6 Å². The second-order valence-electron chi connectivity index (χ2n) is 19.2. The van der Waals surface area contributed by atoms with E-state index in [9.17, 15) is 0 Å². The summed E-state index contributed by atoms with van der Waals surface area (Å²) in [6.45, 7) is 8.75. The van der Waals surface area contributed by atoms with Crippen LogP contribution in [0.1, 0.15) is 117 Å². The molecule has 2 aliphatic carbocycles. The number of imidazole rings is 2. The molecule has 12 rings (SSSR count). The quantitative estimate of drug-likeness (QED) is 0.130. The molecule has 12 nitrogen and oxygen atoms in total. The van der Waals surface area contributed by atoms with E-state index in [1.165, 1.54) is 54.7 Å². The van der Waals surface area contributed by atoms with Crippen LogP contribution in [0.25, 0.3) is 22.1 Å². The average molecular weight is 854 g/mol. The van der Waals surface area contributed by atoms with Gasteiger partial charge in [-0.1, -0.05) is 29.8 Å². The molecule has 4 unspecified atom stereocenters. The summed E-state index contributed by atoms with van der Waals surface area (Å²) < 4.78 is 0. The first-order chi connectivity index (χ1) is 30.3. The van der Waals surface area contributed by atoms with E-state index in [0.29, 0.717) is 17.1 Å². The number of likely N-dealkylation sites (N-methyl/N-ethyl adjacent to an activating group) is 2. The molecule has 0 amide bonds. The van der Waals surface area contributed by atoms with Crippen molar-refractivity contribution in [2.24, 2.45) is 0 Å². The van der Waals surface area contributed by atoms with Crippen LogP contribution in [0, 0.1) is 6.92 Å². The molecule has 6 aliphatic rings. The number of H-pyrrole nitrogens is 2. The van der Waals surface area contributed by atoms with Gasteiger partial charge in [-0.25, -0.2) is 9.97 Å². The highest BCUT2D eigenvalue weighted by Crippen LogP contribution is 2.46. The normalized spacial score (nSPS) is 25.9. The van der Waals surface area contributed by atoms with Gasteiger partial charge < -0.3 is 19.8 Å². The molecule has 4 atom stereocenters. The van der Waals surface area contributed by atoms with Gasteiger partial charge in [-0.2, -0.15) is 0 Å². The van der Waals surface area contributed by atoms with Gasteiger partial charge in [0.2, 0.25) is 0 Å². The van der Waals surface area contributed by atoms with E-state index < -0.39 is 0 Å². The van der Waals surface area contributed by atoms with E-state index in [2.05, 4.69) is 114 Å². The number of aromatic amines is 2. The van der Waals surface area contributed by atoms with Gasteiger partial charge >= 0.3 is 0 Å². The first kappa shape index (κ1) is 40.2. The molecule has 0 bridgehead atoms. The Balaban J connectivity index is 0.000000139. The lowest BCUT2D eigenvalue weighted by molar-refractivity contribution is 0.199. The minimum atomic E-state index is 0.160. The van der Waals surface area contributed by atoms with Crippen LogP contribution < -0.4 is 20.4 Å². The third kappa shape index (κ3) is 7.55. The lowest BCUT2D eigenvalue weighted by Gasteiger charge is -2.41. The minimum Gasteiger partial charge on any atom is -0.367 e. The number of pyridine rings is 2. The van der Waals surface area contributed by atoms with Crippen molar-refractivity contribution in [3.05, 3.63) is 107 Å². The summed E-state index contributed by atoms with van der Waals surface area (Å²) in [4.78, 5) is 37.0. The molecule has 0 radical (unpaired) electrons. The summed E-state index contributed by atoms with van der Waals surface area (Å²) in [6.07, 6.45) is 15.6. The van der Waals surface area contributed by atoms with Crippen molar-refractivity contribution in [1.82, 2.24) is 50.3 Å². The van der Waals surface area contributed by atoms with Crippen molar-refractivity contribution in [2.75, 3.05) is 63.2 Å². The molecular weight excluding hydrogens is 792 g/mol. The predicted molar refractivity (Wildman–Crippen MR) is 249 cm³/mol. The smallest absolute Gasteiger partial charge is 0.124 e. The number of halogens is 1. The molecule has 8 heterocycles. The van der Waals surface area contributed by atoms with E-state index in [1.54, 1.807) is 0 Å². The van der Waals surface area contributed by atoms with Crippen LogP contribution in [0.4, 0.5) is 11.4 Å². The van der Waals surface area contributed by atoms with E-state index in [0.717, 1.165) is 116 Å². The van der Waals surface area contributed by atoms with Crippen LogP contribution >= 0.6 is 11.6 Å². The van der Waals surface area contributed by atoms with Gasteiger partial charge in [0.15, 0.2) is 0 Å². The number of hydrogen-bond donors (Lipinski definition) is 4. The number of fused-ring (bicyclic) bond motifs is 2. The molecule has 62 heavy (non-hydrogen) atoms. The first-order valence-electron chi connectivity index (χ1n) is 23.2. The van der Waals surface area contributed by atoms with E-state index in [1.807, 2.05) is 30.6 Å². The first-order valence-corrected chi connectivity index (χ1v) is 23.6. The number of nitrogens with zero attached hydrogens (tertiary/aromatic N) is 8. The Bertz CT molecular complexity index is 2380. The van der Waals surface area contributed by atoms with Gasteiger partial charge in [0.25, 0.3) is 0 Å². The third-order valence-corrected chi connectivity index (χ3v) is 15.6. The molecule has 4 N–H and O–H groups in total. The lowest BCUT2D eigenvalue weighted by atomic mass is 9.94. The fourth-order valence-electron chi connectivity index (χ4n) is 11.1. The zero-order chi connectivity index (χ0) is 42.0. The summed E-state index contributed by atoms with van der Waals surface area (Å²) in [5.41, 5.74) is 11.2. The third-order valence-electron chi connectivity index (χ3n) is 15.3. The maximum absolute atomic E-state index is 6.43. The molecule has 6 fully saturated rings. The summed E-state index contributed by atoms with van der Waals surface area (Å²) in [5.74, 6) is 2.09. The van der Waals surface area contributed by atoms with Crippen molar-refractivity contribution >= 4 is 45.0 Å². The zero-order valence-corrected chi connectivity index (χ0v) is 37.3. The number of aryl methyl sites for hydroxylation is 1. The number of benzene rings is 2. The Morgan fingerprint density at radius 3 is 1.56 bits per heavy atom. The number of aromatic nitrogens is 6. The molecule has 324 valence electrons. The van der Waals surface area contributed by atoms with Crippen molar-refractivity contribution in [3.63, 3.8) is 0 Å². The van der Waals surface area contributed by atoms with Crippen LogP contribution in [-0.4, -0.2) is 104 Å². The molecule has 6 aromatic rings. The predicted octanol–water partition coefficient (Wildman–Crippen LogP) is 8.56. The minimum absolute atomic E-state index is 0.160. The highest BCUT2D eigenvalue weighted by atomic mass is 35.5. The largest absolute Gasteiger partial charge is 0.367 e. The number of anilines is 2. The summed E-state index contributed by atoms with van der Waals surface area (Å²) in [7, 11) is 4.56. The van der Waals surface area contributed by atoms with Gasteiger partial charge in [-0.05, 0) is 133 Å². The van der Waals surface area contributed by atoms with Crippen molar-refractivity contribution in [3.8, 4) is 0 Å². The molecule has 4 saturated heterocycles. The maximum Gasteiger partial charge on any atom is 0.124 e. The molecular formula is C49H61ClN12. The zero-order valence-electron chi connectivity index (χ0n) is 36.5. The Morgan fingerprint density at radius 1 is 0.581 bits per heavy atom. The van der Waals surface area contributed by atoms with Crippen LogP contribution in [0.15, 0.2) is 73.1 Å². The van der Waals surface area contributed by atoms with Crippen LogP contribution in [0.3, 0.4) is 0 Å². The second-order valence-corrected chi connectivity index (χ2v) is 19.6. The van der Waals surface area contributed by atoms with E-state index >= 15 is 0 Å². The van der Waals surface area contributed by atoms with Gasteiger partial charge in [0.1, 0.15) is 22.7 Å². The molecule has 13 heteroatoms. The van der Waals surface area contributed by atoms with Gasteiger partial charge in [0.05, 0.1) is 63.0 Å². The topological polar surface area (TPSA) is 120 Å². The van der Waals surface area contributed by atoms with E-state index in [-0.39, 0.29) is 18.1 Å². The standard InChI is InChI=1S/C25H32N6.C24H29ClN6/c1-17-6-5-13-26-22(17)18-7-3-9-20(27-18)24-28-19-8-4-10-21(23(19)29-24)31-15-14-30(2)25(16-31)11-12-25;1-30-13-14-31(15-24(30)10-11-24)20-9-3-7-18-22(20)29-23(28-18)19-8-2-6-17(27-19)21-16(25)5-4-12-26-21/h4-6,8,10,13,18,20,27H,3,7,9,11-12,14-16H2,1-2H3,(H,28,29);3-5,7,9,12,17,19,27H,2,6,8,10-11,13-15H2,1H3,(H,28,29). The SMILES string of the molecule is CN1CCN(c2cccc3[nH]c(C4CCCC(c5ncccc5Cl)N4)nc23)CC12CC2.Cc1cccnc1C1CCCC(c2nc3c(N4CCN(C)C5(CC5)C4)cccc3[nH]2)N1. The Hall–Kier alpha value is -4.59. The van der Waals surface area contributed by atoms with Crippen molar-refractivity contribution in [2.45, 2.75) is 106 Å². The highest BCUT2D eigenvalue weighted by molar-refractivity contribution is 6.31. The Kier molecular flexibility index (Phi) is 10.5. The fourth-order valence-corrected chi connectivity index (χ4v) is 11.3. The number of piperazine rings is 2. The average Bonchev–Trinajstić information content (AvgIpc) is 4.16. The van der Waals surface area contributed by atoms with Crippen LogP contribution in [-0.2, 0) is 0 Å².